The standard InChI is InChI=1S/C18H29N3O/c1-14-11-15(2)21(19-14)13-17-9-5-6-10-20(17)18(22)12-16-7-3-4-8-16/h11,16-17H,3-10,12-13H2,1-2H3. The van der Waals surface area contributed by atoms with Crippen LogP contribution >= 0.6 is 0 Å². The highest BCUT2D eigenvalue weighted by atomic mass is 16.2. The fourth-order valence-corrected chi connectivity index (χ4v) is 4.16. The third-order valence-electron chi connectivity index (χ3n) is 5.37. The average Bonchev–Trinajstić information content (AvgIpc) is 3.10. The summed E-state index contributed by atoms with van der Waals surface area (Å²) < 4.78 is 2.08. The second-order valence-corrected chi connectivity index (χ2v) is 7.20. The summed E-state index contributed by atoms with van der Waals surface area (Å²) in [6.07, 6.45) is 9.41. The number of hydrogen-bond donors (Lipinski definition) is 0. The topological polar surface area (TPSA) is 38.1 Å². The number of carbonyl (C=O) groups excluding carboxylic acids is 1. The number of aryl methyl sites for hydroxylation is 2. The summed E-state index contributed by atoms with van der Waals surface area (Å²) in [6.45, 7) is 5.94. The van der Waals surface area contributed by atoms with Crippen molar-refractivity contribution < 1.29 is 4.79 Å². The third-order valence-corrected chi connectivity index (χ3v) is 5.37. The summed E-state index contributed by atoms with van der Waals surface area (Å²) in [5, 5.41) is 4.58. The molecule has 0 N–H and O–H groups in total. The van der Waals surface area contributed by atoms with E-state index in [0.717, 1.165) is 38.0 Å². The molecule has 2 fully saturated rings. The van der Waals surface area contributed by atoms with Crippen molar-refractivity contribution >= 4 is 5.91 Å². The fraction of sp³-hybridized carbons (Fsp3) is 0.778. The third kappa shape index (κ3) is 3.53. The van der Waals surface area contributed by atoms with Crippen LogP contribution in [0.1, 0.15) is 62.8 Å². The number of rotatable bonds is 4. The van der Waals surface area contributed by atoms with E-state index in [-0.39, 0.29) is 0 Å². The quantitative estimate of drug-likeness (QED) is 0.854. The summed E-state index contributed by atoms with van der Waals surface area (Å²) >= 11 is 0. The van der Waals surface area contributed by atoms with Crippen LogP contribution in [0.2, 0.25) is 0 Å². The van der Waals surface area contributed by atoms with Crippen LogP contribution in [0, 0.1) is 19.8 Å². The Kier molecular flexibility index (Phi) is 4.84. The Morgan fingerprint density at radius 3 is 2.59 bits per heavy atom. The number of carbonyl (C=O) groups is 1. The zero-order valence-corrected chi connectivity index (χ0v) is 14.1. The molecule has 1 atom stereocenters. The number of piperidine rings is 1. The molecule has 1 aromatic rings. The van der Waals surface area contributed by atoms with Crippen LogP contribution in [0.5, 0.6) is 0 Å². The Morgan fingerprint density at radius 2 is 1.91 bits per heavy atom. The molecule has 1 saturated heterocycles. The van der Waals surface area contributed by atoms with Gasteiger partial charge < -0.3 is 4.90 Å². The lowest BCUT2D eigenvalue weighted by Crippen LogP contribution is -2.46. The molecule has 4 nitrogen and oxygen atoms in total. The molecule has 1 saturated carbocycles. The molecule has 0 spiro atoms. The summed E-state index contributed by atoms with van der Waals surface area (Å²) in [7, 11) is 0. The van der Waals surface area contributed by atoms with Gasteiger partial charge in [-0.05, 0) is 57.9 Å². The van der Waals surface area contributed by atoms with E-state index in [9.17, 15) is 4.79 Å². The van der Waals surface area contributed by atoms with Gasteiger partial charge in [-0.3, -0.25) is 9.48 Å². The molecule has 3 rings (SSSR count). The minimum atomic E-state index is 0.334. The molecule has 1 aliphatic carbocycles. The maximum atomic E-state index is 12.7. The highest BCUT2D eigenvalue weighted by molar-refractivity contribution is 5.77. The second kappa shape index (κ2) is 6.84. The average molecular weight is 303 g/mol. The van der Waals surface area contributed by atoms with Crippen molar-refractivity contribution in [2.45, 2.75) is 77.8 Å². The SMILES string of the molecule is Cc1cc(C)n(CC2CCCCN2C(=O)CC2CCCC2)n1. The Hall–Kier alpha value is -1.32. The lowest BCUT2D eigenvalue weighted by molar-refractivity contribution is -0.136. The highest BCUT2D eigenvalue weighted by Crippen LogP contribution is 2.29. The van der Waals surface area contributed by atoms with Gasteiger partial charge in [-0.25, -0.2) is 0 Å². The minimum absolute atomic E-state index is 0.334. The summed E-state index contributed by atoms with van der Waals surface area (Å²) in [6, 6.07) is 2.45. The number of nitrogens with zero attached hydrogens (tertiary/aromatic N) is 3. The zero-order valence-electron chi connectivity index (χ0n) is 14.1. The van der Waals surface area contributed by atoms with E-state index < -0.39 is 0 Å². The van der Waals surface area contributed by atoms with Gasteiger partial charge in [0.15, 0.2) is 0 Å². The summed E-state index contributed by atoms with van der Waals surface area (Å²) in [5.74, 6) is 1.03. The molecule has 1 amide bonds. The molecule has 0 bridgehead atoms. The first-order valence-corrected chi connectivity index (χ1v) is 8.94. The van der Waals surface area contributed by atoms with Gasteiger partial charge in [-0.15, -0.1) is 0 Å². The molecule has 1 unspecified atom stereocenters. The summed E-state index contributed by atoms with van der Waals surface area (Å²) in [4.78, 5) is 14.9. The van der Waals surface area contributed by atoms with Crippen LogP contribution in [0.3, 0.4) is 0 Å². The fourth-order valence-electron chi connectivity index (χ4n) is 4.16. The van der Waals surface area contributed by atoms with Crippen molar-refractivity contribution in [3.8, 4) is 0 Å². The van der Waals surface area contributed by atoms with Gasteiger partial charge in [0.2, 0.25) is 5.91 Å². The van der Waals surface area contributed by atoms with E-state index in [1.54, 1.807) is 0 Å². The van der Waals surface area contributed by atoms with Crippen LogP contribution < -0.4 is 0 Å². The van der Waals surface area contributed by atoms with E-state index in [1.807, 2.05) is 6.92 Å². The molecule has 0 radical (unpaired) electrons. The normalized spacial score (nSPS) is 23.2. The van der Waals surface area contributed by atoms with Crippen LogP contribution in [-0.2, 0) is 11.3 Å². The molecule has 122 valence electrons. The largest absolute Gasteiger partial charge is 0.338 e. The second-order valence-electron chi connectivity index (χ2n) is 7.20. The van der Waals surface area contributed by atoms with Gasteiger partial charge in [0.1, 0.15) is 0 Å². The van der Waals surface area contributed by atoms with Crippen LogP contribution in [0.25, 0.3) is 0 Å². The minimum Gasteiger partial charge on any atom is -0.338 e. The Balaban J connectivity index is 1.65. The molecule has 1 aromatic heterocycles. The Bertz CT molecular complexity index is 516. The van der Waals surface area contributed by atoms with Crippen molar-refractivity contribution in [1.82, 2.24) is 14.7 Å². The number of hydrogen-bond acceptors (Lipinski definition) is 2. The predicted octanol–water partition coefficient (Wildman–Crippen LogP) is 3.46. The molecule has 2 heterocycles. The van der Waals surface area contributed by atoms with Crippen LogP contribution in [0.15, 0.2) is 6.07 Å². The zero-order chi connectivity index (χ0) is 15.5. The molecular weight excluding hydrogens is 274 g/mol. The van der Waals surface area contributed by atoms with E-state index in [4.69, 9.17) is 0 Å². The van der Waals surface area contributed by atoms with Crippen LogP contribution in [0.4, 0.5) is 0 Å². The first-order chi connectivity index (χ1) is 10.6. The Morgan fingerprint density at radius 1 is 1.18 bits per heavy atom. The number of aromatic nitrogens is 2. The van der Waals surface area contributed by atoms with Crippen LogP contribution in [-0.4, -0.2) is 33.2 Å². The van der Waals surface area contributed by atoms with Crippen molar-refractivity contribution in [2.24, 2.45) is 5.92 Å². The first kappa shape index (κ1) is 15.6. The maximum Gasteiger partial charge on any atom is 0.223 e. The molecule has 1 aliphatic heterocycles. The Labute approximate surface area is 133 Å². The number of likely N-dealkylation sites (tertiary alicyclic amines) is 1. The highest BCUT2D eigenvalue weighted by Gasteiger charge is 2.29. The van der Waals surface area contributed by atoms with Crippen molar-refractivity contribution in [1.29, 1.82) is 0 Å². The van der Waals surface area contributed by atoms with E-state index in [2.05, 4.69) is 27.7 Å². The lowest BCUT2D eigenvalue weighted by atomic mass is 9.98. The van der Waals surface area contributed by atoms with Gasteiger partial charge in [-0.2, -0.15) is 5.10 Å². The van der Waals surface area contributed by atoms with E-state index in [0.29, 0.717) is 17.9 Å². The lowest BCUT2D eigenvalue weighted by Gasteiger charge is -2.36. The molecule has 0 aromatic carbocycles. The van der Waals surface area contributed by atoms with E-state index >= 15 is 0 Å². The molecule has 2 aliphatic rings. The monoisotopic (exact) mass is 303 g/mol. The number of amides is 1. The molecule has 22 heavy (non-hydrogen) atoms. The molecule has 4 heteroatoms. The summed E-state index contributed by atoms with van der Waals surface area (Å²) in [5.41, 5.74) is 2.27. The maximum absolute atomic E-state index is 12.7. The van der Waals surface area contributed by atoms with Gasteiger partial charge in [0.25, 0.3) is 0 Å². The van der Waals surface area contributed by atoms with Gasteiger partial charge >= 0.3 is 0 Å². The molecular formula is C18H29N3O. The van der Waals surface area contributed by atoms with Crippen molar-refractivity contribution in [3.05, 3.63) is 17.5 Å². The van der Waals surface area contributed by atoms with Gasteiger partial charge in [-0.1, -0.05) is 12.8 Å². The first-order valence-electron chi connectivity index (χ1n) is 8.94. The van der Waals surface area contributed by atoms with Gasteiger partial charge in [0.05, 0.1) is 18.3 Å². The van der Waals surface area contributed by atoms with Crippen molar-refractivity contribution in [3.63, 3.8) is 0 Å². The smallest absolute Gasteiger partial charge is 0.223 e. The van der Waals surface area contributed by atoms with E-state index in [1.165, 1.54) is 37.8 Å². The predicted molar refractivity (Wildman–Crippen MR) is 87.6 cm³/mol. The van der Waals surface area contributed by atoms with Gasteiger partial charge in [0, 0.05) is 18.7 Å². The van der Waals surface area contributed by atoms with Crippen molar-refractivity contribution in [2.75, 3.05) is 6.54 Å².